The highest BCUT2D eigenvalue weighted by Crippen LogP contribution is 2.32. The van der Waals surface area contributed by atoms with Crippen molar-refractivity contribution in [2.24, 2.45) is 0 Å². The Labute approximate surface area is 143 Å². The molecular formula is C19H28F2N2O. The van der Waals surface area contributed by atoms with Crippen molar-refractivity contribution in [2.45, 2.75) is 38.1 Å². The van der Waals surface area contributed by atoms with Gasteiger partial charge in [-0.15, -0.1) is 0 Å². The Bertz CT molecular complexity index is 538. The molecule has 134 valence electrons. The van der Waals surface area contributed by atoms with Crippen LogP contribution < -0.4 is 0 Å². The molecule has 0 aromatic heterocycles. The fourth-order valence-electron chi connectivity index (χ4n) is 4.11. The van der Waals surface area contributed by atoms with E-state index in [1.54, 1.807) is 12.1 Å². The second-order valence-corrected chi connectivity index (χ2v) is 6.98. The van der Waals surface area contributed by atoms with E-state index in [0.29, 0.717) is 17.5 Å². The maximum absolute atomic E-state index is 13.7. The SMILES string of the molecule is CCC1(N2CCN(CCc3cccc(F)c3F)CC2)CCOCC1. The van der Waals surface area contributed by atoms with Crippen molar-refractivity contribution in [1.82, 2.24) is 9.80 Å². The summed E-state index contributed by atoms with van der Waals surface area (Å²) in [7, 11) is 0. The Balaban J connectivity index is 1.51. The van der Waals surface area contributed by atoms with Gasteiger partial charge in [0.2, 0.25) is 0 Å². The molecule has 2 saturated heterocycles. The van der Waals surface area contributed by atoms with Gasteiger partial charge in [0, 0.05) is 51.5 Å². The molecule has 0 spiro atoms. The zero-order valence-electron chi connectivity index (χ0n) is 14.6. The fraction of sp³-hybridized carbons (Fsp3) is 0.684. The first-order chi connectivity index (χ1) is 11.6. The van der Waals surface area contributed by atoms with Crippen molar-refractivity contribution in [1.29, 1.82) is 0 Å². The summed E-state index contributed by atoms with van der Waals surface area (Å²) in [5.41, 5.74) is 0.783. The molecule has 0 amide bonds. The van der Waals surface area contributed by atoms with Crippen LogP contribution in [-0.2, 0) is 11.2 Å². The summed E-state index contributed by atoms with van der Waals surface area (Å²) in [6.45, 7) is 8.92. The highest BCUT2D eigenvalue weighted by molar-refractivity contribution is 5.19. The Hall–Kier alpha value is -1.04. The smallest absolute Gasteiger partial charge is 0.162 e. The first kappa shape index (κ1) is 17.8. The zero-order chi connectivity index (χ0) is 17.0. The minimum atomic E-state index is -0.748. The summed E-state index contributed by atoms with van der Waals surface area (Å²) in [4.78, 5) is 5.00. The van der Waals surface area contributed by atoms with Crippen LogP contribution in [0.15, 0.2) is 18.2 Å². The number of nitrogens with zero attached hydrogens (tertiary/aromatic N) is 2. The zero-order valence-corrected chi connectivity index (χ0v) is 14.6. The predicted molar refractivity (Wildman–Crippen MR) is 91.2 cm³/mol. The van der Waals surface area contributed by atoms with E-state index in [1.165, 1.54) is 12.5 Å². The highest BCUT2D eigenvalue weighted by Gasteiger charge is 2.38. The van der Waals surface area contributed by atoms with Gasteiger partial charge in [0.05, 0.1) is 0 Å². The van der Waals surface area contributed by atoms with Crippen molar-refractivity contribution in [3.05, 3.63) is 35.4 Å². The number of halogens is 2. The van der Waals surface area contributed by atoms with Gasteiger partial charge < -0.3 is 9.64 Å². The fourth-order valence-corrected chi connectivity index (χ4v) is 4.11. The Morgan fingerprint density at radius 2 is 1.79 bits per heavy atom. The van der Waals surface area contributed by atoms with E-state index in [0.717, 1.165) is 58.8 Å². The first-order valence-electron chi connectivity index (χ1n) is 9.13. The second kappa shape index (κ2) is 7.89. The molecule has 1 aromatic carbocycles. The van der Waals surface area contributed by atoms with E-state index in [4.69, 9.17) is 4.74 Å². The van der Waals surface area contributed by atoms with Crippen LogP contribution in [0.2, 0.25) is 0 Å². The number of hydrogen-bond donors (Lipinski definition) is 0. The molecule has 1 aromatic rings. The lowest BCUT2D eigenvalue weighted by Crippen LogP contribution is -2.58. The molecule has 0 atom stereocenters. The highest BCUT2D eigenvalue weighted by atomic mass is 19.2. The Morgan fingerprint density at radius 3 is 2.46 bits per heavy atom. The minimum Gasteiger partial charge on any atom is -0.381 e. The number of rotatable bonds is 5. The third kappa shape index (κ3) is 3.79. The standard InChI is InChI=1S/C19H28F2N2O/c1-2-19(7-14-24-15-8-19)23-12-10-22(11-13-23)9-6-16-4-3-5-17(20)18(16)21/h3-5H,2,6-15H2,1H3. The summed E-state index contributed by atoms with van der Waals surface area (Å²) in [6.07, 6.45) is 3.98. The summed E-state index contributed by atoms with van der Waals surface area (Å²) in [6, 6.07) is 4.44. The van der Waals surface area contributed by atoms with Gasteiger partial charge in [0.15, 0.2) is 11.6 Å². The van der Waals surface area contributed by atoms with E-state index < -0.39 is 11.6 Å². The lowest BCUT2D eigenvalue weighted by Gasteiger charge is -2.49. The van der Waals surface area contributed by atoms with Gasteiger partial charge in [0.25, 0.3) is 0 Å². The van der Waals surface area contributed by atoms with Gasteiger partial charge in [-0.1, -0.05) is 19.1 Å². The van der Waals surface area contributed by atoms with E-state index in [-0.39, 0.29) is 0 Å². The lowest BCUT2D eigenvalue weighted by molar-refractivity contribution is -0.0490. The average Bonchev–Trinajstić information content (AvgIpc) is 2.64. The van der Waals surface area contributed by atoms with Gasteiger partial charge in [-0.05, 0) is 37.3 Å². The molecule has 2 fully saturated rings. The molecule has 2 heterocycles. The first-order valence-corrected chi connectivity index (χ1v) is 9.13. The van der Waals surface area contributed by atoms with Gasteiger partial charge in [0.1, 0.15) is 0 Å². The molecule has 0 bridgehead atoms. The van der Waals surface area contributed by atoms with Crippen LogP contribution in [0.3, 0.4) is 0 Å². The average molecular weight is 338 g/mol. The molecule has 2 aliphatic rings. The van der Waals surface area contributed by atoms with Gasteiger partial charge in [-0.3, -0.25) is 4.90 Å². The van der Waals surface area contributed by atoms with E-state index in [1.807, 2.05) is 0 Å². The number of piperazine rings is 1. The summed E-state index contributed by atoms with van der Waals surface area (Å²) in [5.74, 6) is -1.44. The van der Waals surface area contributed by atoms with Crippen LogP contribution in [0.1, 0.15) is 31.7 Å². The van der Waals surface area contributed by atoms with Crippen LogP contribution >= 0.6 is 0 Å². The lowest BCUT2D eigenvalue weighted by atomic mass is 9.85. The normalized spacial score (nSPS) is 22.6. The quantitative estimate of drug-likeness (QED) is 0.821. The van der Waals surface area contributed by atoms with Crippen molar-refractivity contribution < 1.29 is 13.5 Å². The third-order valence-corrected chi connectivity index (χ3v) is 5.85. The summed E-state index contributed by atoms with van der Waals surface area (Å²) in [5, 5.41) is 0. The molecule has 2 aliphatic heterocycles. The molecule has 3 rings (SSSR count). The van der Waals surface area contributed by atoms with Crippen LogP contribution in [0.25, 0.3) is 0 Å². The topological polar surface area (TPSA) is 15.7 Å². The van der Waals surface area contributed by atoms with Gasteiger partial charge in [-0.2, -0.15) is 0 Å². The minimum absolute atomic E-state index is 0.305. The maximum atomic E-state index is 13.7. The molecule has 5 heteroatoms. The van der Waals surface area contributed by atoms with Gasteiger partial charge in [-0.25, -0.2) is 8.78 Å². The van der Waals surface area contributed by atoms with Crippen LogP contribution in [0.5, 0.6) is 0 Å². The molecule has 24 heavy (non-hydrogen) atoms. The monoisotopic (exact) mass is 338 g/mol. The molecule has 3 nitrogen and oxygen atoms in total. The van der Waals surface area contributed by atoms with Gasteiger partial charge >= 0.3 is 0 Å². The van der Waals surface area contributed by atoms with Crippen molar-refractivity contribution in [3.8, 4) is 0 Å². The van der Waals surface area contributed by atoms with E-state index in [9.17, 15) is 8.78 Å². The van der Waals surface area contributed by atoms with Crippen LogP contribution in [0, 0.1) is 11.6 Å². The molecular weight excluding hydrogens is 310 g/mol. The van der Waals surface area contributed by atoms with Crippen molar-refractivity contribution >= 4 is 0 Å². The second-order valence-electron chi connectivity index (χ2n) is 6.98. The number of ether oxygens (including phenoxy) is 1. The number of hydrogen-bond acceptors (Lipinski definition) is 3. The van der Waals surface area contributed by atoms with Crippen molar-refractivity contribution in [3.63, 3.8) is 0 Å². The molecule has 0 unspecified atom stereocenters. The Morgan fingerprint density at radius 1 is 1.08 bits per heavy atom. The molecule has 0 saturated carbocycles. The summed E-state index contributed by atoms with van der Waals surface area (Å²) < 4.78 is 32.6. The summed E-state index contributed by atoms with van der Waals surface area (Å²) >= 11 is 0. The van der Waals surface area contributed by atoms with E-state index in [2.05, 4.69) is 16.7 Å². The van der Waals surface area contributed by atoms with E-state index >= 15 is 0 Å². The molecule has 0 radical (unpaired) electrons. The molecule has 0 N–H and O–H groups in total. The van der Waals surface area contributed by atoms with Crippen LogP contribution in [-0.4, -0.2) is 61.3 Å². The maximum Gasteiger partial charge on any atom is 0.162 e. The Kier molecular flexibility index (Phi) is 5.85. The largest absolute Gasteiger partial charge is 0.381 e. The third-order valence-electron chi connectivity index (χ3n) is 5.85. The van der Waals surface area contributed by atoms with Crippen LogP contribution in [0.4, 0.5) is 8.78 Å². The van der Waals surface area contributed by atoms with Crippen molar-refractivity contribution in [2.75, 3.05) is 45.9 Å². The molecule has 0 aliphatic carbocycles. The predicted octanol–water partition coefficient (Wildman–Crippen LogP) is 3.08. The number of benzene rings is 1.